The maximum atomic E-state index is 12.5. The molecule has 0 fully saturated rings. The summed E-state index contributed by atoms with van der Waals surface area (Å²) in [5.41, 5.74) is 2.13. The normalized spacial score (nSPS) is 11.6. The van der Waals surface area contributed by atoms with E-state index in [1.807, 2.05) is 37.3 Å². The van der Waals surface area contributed by atoms with Crippen LogP contribution in [-0.4, -0.2) is 18.5 Å². The number of hydrogen-bond donors (Lipinski definition) is 1. The lowest BCUT2D eigenvalue weighted by atomic mass is 9.95. The SMILES string of the molecule is CCOC(=O)c1ccc(NC(=O)[C@H](CC)c2ccccc2)cc1. The summed E-state index contributed by atoms with van der Waals surface area (Å²) >= 11 is 0. The number of hydrogen-bond acceptors (Lipinski definition) is 3. The van der Waals surface area contributed by atoms with Crippen molar-refractivity contribution in [3.8, 4) is 0 Å². The molecule has 0 spiro atoms. The molecule has 23 heavy (non-hydrogen) atoms. The summed E-state index contributed by atoms with van der Waals surface area (Å²) in [6.07, 6.45) is 0.719. The van der Waals surface area contributed by atoms with E-state index in [0.29, 0.717) is 17.9 Å². The predicted octanol–water partition coefficient (Wildman–Crippen LogP) is 4.00. The van der Waals surface area contributed by atoms with E-state index in [-0.39, 0.29) is 17.8 Å². The Hall–Kier alpha value is -2.62. The number of carbonyl (C=O) groups is 2. The largest absolute Gasteiger partial charge is 0.462 e. The Kier molecular flexibility index (Phi) is 5.92. The minimum atomic E-state index is -0.360. The van der Waals surface area contributed by atoms with Gasteiger partial charge < -0.3 is 10.1 Å². The third-order valence-electron chi connectivity index (χ3n) is 3.59. The van der Waals surface area contributed by atoms with Crippen LogP contribution in [0.15, 0.2) is 54.6 Å². The standard InChI is InChI=1S/C19H21NO3/c1-3-17(14-8-6-5-7-9-14)18(21)20-16-12-10-15(11-13-16)19(22)23-4-2/h5-13,17H,3-4H2,1-2H3,(H,20,21)/t17-/m1/s1. The van der Waals surface area contributed by atoms with Crippen LogP contribution in [0.3, 0.4) is 0 Å². The molecule has 4 nitrogen and oxygen atoms in total. The first-order chi connectivity index (χ1) is 11.2. The first kappa shape index (κ1) is 16.7. The van der Waals surface area contributed by atoms with Gasteiger partial charge in [-0.15, -0.1) is 0 Å². The highest BCUT2D eigenvalue weighted by atomic mass is 16.5. The molecule has 120 valence electrons. The van der Waals surface area contributed by atoms with Crippen LogP contribution in [0.25, 0.3) is 0 Å². The number of rotatable bonds is 6. The van der Waals surface area contributed by atoms with E-state index in [1.54, 1.807) is 31.2 Å². The molecule has 2 aromatic carbocycles. The Morgan fingerprint density at radius 3 is 2.22 bits per heavy atom. The average molecular weight is 311 g/mol. The molecule has 0 radical (unpaired) electrons. The summed E-state index contributed by atoms with van der Waals surface area (Å²) in [5.74, 6) is -0.607. The number of anilines is 1. The third kappa shape index (κ3) is 4.42. The van der Waals surface area contributed by atoms with Gasteiger partial charge in [-0.1, -0.05) is 37.3 Å². The van der Waals surface area contributed by atoms with Crippen LogP contribution in [0.2, 0.25) is 0 Å². The van der Waals surface area contributed by atoms with Gasteiger partial charge in [-0.05, 0) is 43.2 Å². The summed E-state index contributed by atoms with van der Waals surface area (Å²) in [5, 5.41) is 2.90. The number of nitrogens with one attached hydrogen (secondary N) is 1. The molecule has 0 saturated carbocycles. The summed E-state index contributed by atoms with van der Waals surface area (Å²) in [4.78, 5) is 24.1. The minimum Gasteiger partial charge on any atom is -0.462 e. The molecule has 0 heterocycles. The summed E-state index contributed by atoms with van der Waals surface area (Å²) in [6.45, 7) is 4.09. The molecule has 4 heteroatoms. The van der Waals surface area contributed by atoms with Crippen molar-refractivity contribution in [1.82, 2.24) is 0 Å². The van der Waals surface area contributed by atoms with Crippen LogP contribution in [0.4, 0.5) is 5.69 Å². The van der Waals surface area contributed by atoms with Crippen LogP contribution >= 0.6 is 0 Å². The van der Waals surface area contributed by atoms with E-state index in [1.165, 1.54) is 0 Å². The highest BCUT2D eigenvalue weighted by molar-refractivity contribution is 5.96. The highest BCUT2D eigenvalue weighted by Crippen LogP contribution is 2.21. The van der Waals surface area contributed by atoms with Crippen molar-refractivity contribution in [2.45, 2.75) is 26.2 Å². The fraction of sp³-hybridized carbons (Fsp3) is 0.263. The van der Waals surface area contributed by atoms with Crippen LogP contribution in [0.5, 0.6) is 0 Å². The van der Waals surface area contributed by atoms with Crippen LogP contribution in [0.1, 0.15) is 42.1 Å². The second kappa shape index (κ2) is 8.13. The molecule has 0 aliphatic carbocycles. The monoisotopic (exact) mass is 311 g/mol. The van der Waals surface area contributed by atoms with Crippen molar-refractivity contribution in [2.24, 2.45) is 0 Å². The molecule has 2 rings (SSSR count). The molecule has 0 bridgehead atoms. The summed E-state index contributed by atoms with van der Waals surface area (Å²) in [7, 11) is 0. The fourth-order valence-electron chi connectivity index (χ4n) is 2.39. The van der Waals surface area contributed by atoms with Gasteiger partial charge in [0.1, 0.15) is 0 Å². The zero-order valence-electron chi connectivity index (χ0n) is 13.4. The number of esters is 1. The molecule has 0 aromatic heterocycles. The highest BCUT2D eigenvalue weighted by Gasteiger charge is 2.18. The van der Waals surface area contributed by atoms with E-state index in [9.17, 15) is 9.59 Å². The maximum absolute atomic E-state index is 12.5. The molecule has 0 saturated heterocycles. The van der Waals surface area contributed by atoms with E-state index in [2.05, 4.69) is 5.32 Å². The van der Waals surface area contributed by atoms with Crippen molar-refractivity contribution < 1.29 is 14.3 Å². The predicted molar refractivity (Wildman–Crippen MR) is 90.5 cm³/mol. The van der Waals surface area contributed by atoms with Crippen LogP contribution in [-0.2, 0) is 9.53 Å². The minimum absolute atomic E-state index is 0.0532. The zero-order valence-corrected chi connectivity index (χ0v) is 13.4. The quantitative estimate of drug-likeness (QED) is 0.821. The zero-order chi connectivity index (χ0) is 16.7. The van der Waals surface area contributed by atoms with Crippen molar-refractivity contribution in [3.63, 3.8) is 0 Å². The van der Waals surface area contributed by atoms with Crippen molar-refractivity contribution in [3.05, 3.63) is 65.7 Å². The van der Waals surface area contributed by atoms with Gasteiger partial charge in [-0.3, -0.25) is 4.79 Å². The lowest BCUT2D eigenvalue weighted by Gasteiger charge is -2.15. The van der Waals surface area contributed by atoms with Gasteiger partial charge in [-0.25, -0.2) is 4.79 Å². The number of amides is 1. The van der Waals surface area contributed by atoms with E-state index >= 15 is 0 Å². The lowest BCUT2D eigenvalue weighted by Crippen LogP contribution is -2.20. The molecule has 0 aliphatic heterocycles. The van der Waals surface area contributed by atoms with E-state index < -0.39 is 0 Å². The molecule has 0 aliphatic rings. The van der Waals surface area contributed by atoms with E-state index in [0.717, 1.165) is 12.0 Å². The Balaban J connectivity index is 2.06. The number of ether oxygens (including phenoxy) is 1. The molecule has 2 aromatic rings. The lowest BCUT2D eigenvalue weighted by molar-refractivity contribution is -0.117. The topological polar surface area (TPSA) is 55.4 Å². The maximum Gasteiger partial charge on any atom is 0.338 e. The van der Waals surface area contributed by atoms with Gasteiger partial charge in [0.15, 0.2) is 0 Å². The number of carbonyl (C=O) groups excluding carboxylic acids is 2. The van der Waals surface area contributed by atoms with Gasteiger partial charge in [0.05, 0.1) is 18.1 Å². The second-order valence-corrected chi connectivity index (χ2v) is 5.16. The fourth-order valence-corrected chi connectivity index (χ4v) is 2.39. The Morgan fingerprint density at radius 2 is 1.65 bits per heavy atom. The average Bonchev–Trinajstić information content (AvgIpc) is 2.57. The third-order valence-corrected chi connectivity index (χ3v) is 3.59. The van der Waals surface area contributed by atoms with Crippen molar-refractivity contribution in [1.29, 1.82) is 0 Å². The number of benzene rings is 2. The van der Waals surface area contributed by atoms with E-state index in [4.69, 9.17) is 4.74 Å². The van der Waals surface area contributed by atoms with Gasteiger partial charge in [0, 0.05) is 5.69 Å². The Morgan fingerprint density at radius 1 is 1.00 bits per heavy atom. The van der Waals surface area contributed by atoms with Gasteiger partial charge in [0.2, 0.25) is 5.91 Å². The van der Waals surface area contributed by atoms with Crippen molar-refractivity contribution >= 4 is 17.6 Å². The van der Waals surface area contributed by atoms with Crippen LogP contribution < -0.4 is 5.32 Å². The van der Waals surface area contributed by atoms with Gasteiger partial charge in [0.25, 0.3) is 0 Å². The van der Waals surface area contributed by atoms with Gasteiger partial charge in [-0.2, -0.15) is 0 Å². The molecule has 0 unspecified atom stereocenters. The van der Waals surface area contributed by atoms with Crippen LogP contribution in [0, 0.1) is 0 Å². The van der Waals surface area contributed by atoms with Gasteiger partial charge >= 0.3 is 5.97 Å². The molecule has 1 N–H and O–H groups in total. The summed E-state index contributed by atoms with van der Waals surface area (Å²) < 4.78 is 4.94. The Bertz CT molecular complexity index is 650. The molecule has 1 atom stereocenters. The molecular weight excluding hydrogens is 290 g/mol. The molecule has 1 amide bonds. The first-order valence-electron chi connectivity index (χ1n) is 7.78. The summed E-state index contributed by atoms with van der Waals surface area (Å²) in [6, 6.07) is 16.4. The Labute approximate surface area is 136 Å². The smallest absolute Gasteiger partial charge is 0.338 e. The molecular formula is C19H21NO3. The van der Waals surface area contributed by atoms with Crippen molar-refractivity contribution in [2.75, 3.05) is 11.9 Å². The second-order valence-electron chi connectivity index (χ2n) is 5.16. The first-order valence-corrected chi connectivity index (χ1v) is 7.78.